The fraction of sp³-hybridized carbons (Fsp3) is 0.571. The summed E-state index contributed by atoms with van der Waals surface area (Å²) < 4.78 is 5.16. The number of carbonyl (C=O) groups excluding carboxylic acids is 1. The van der Waals surface area contributed by atoms with Gasteiger partial charge in [0, 0.05) is 25.5 Å². The summed E-state index contributed by atoms with van der Waals surface area (Å²) in [5.41, 5.74) is 1.08. The van der Waals surface area contributed by atoms with E-state index in [1.807, 2.05) is 19.1 Å². The van der Waals surface area contributed by atoms with Gasteiger partial charge in [0.1, 0.15) is 6.61 Å². The zero-order chi connectivity index (χ0) is 13.7. The third-order valence-electron chi connectivity index (χ3n) is 3.45. The number of aromatic nitrogens is 1. The van der Waals surface area contributed by atoms with E-state index in [1.165, 1.54) is 0 Å². The number of amides is 1. The molecule has 1 aromatic rings. The van der Waals surface area contributed by atoms with Gasteiger partial charge in [-0.2, -0.15) is 0 Å². The van der Waals surface area contributed by atoms with Gasteiger partial charge in [-0.3, -0.25) is 9.78 Å². The minimum Gasteiger partial charge on any atom is -0.391 e. The first kappa shape index (κ1) is 14.0. The van der Waals surface area contributed by atoms with Crippen LogP contribution in [0.5, 0.6) is 0 Å². The number of aliphatic hydroxyl groups is 1. The molecule has 1 aliphatic heterocycles. The van der Waals surface area contributed by atoms with Crippen LogP contribution in [0.25, 0.3) is 0 Å². The summed E-state index contributed by atoms with van der Waals surface area (Å²) in [6.07, 6.45) is 4.28. The van der Waals surface area contributed by atoms with Gasteiger partial charge in [0.15, 0.2) is 0 Å². The number of likely N-dealkylation sites (tertiary alicyclic amines) is 1. The number of pyridine rings is 1. The molecule has 0 aromatic carbocycles. The Kier molecular flexibility index (Phi) is 4.87. The van der Waals surface area contributed by atoms with Crippen LogP contribution in [0.15, 0.2) is 24.5 Å². The van der Waals surface area contributed by atoms with E-state index in [0.717, 1.165) is 5.56 Å². The highest BCUT2D eigenvalue weighted by Gasteiger charge is 2.35. The van der Waals surface area contributed by atoms with E-state index in [-0.39, 0.29) is 18.6 Å². The minimum atomic E-state index is -0.459. The fourth-order valence-electron chi connectivity index (χ4n) is 2.43. The average Bonchev–Trinajstić information content (AvgIpc) is 2.79. The molecule has 104 valence electrons. The van der Waals surface area contributed by atoms with Gasteiger partial charge in [-0.1, -0.05) is 0 Å². The van der Waals surface area contributed by atoms with Crippen LogP contribution in [0.1, 0.15) is 18.9 Å². The SMILES string of the molecule is CCOCC(=O)N1CC[C@@H](O)[C@H]1Cc1ccncc1. The largest absolute Gasteiger partial charge is 0.391 e. The summed E-state index contributed by atoms with van der Waals surface area (Å²) in [5.74, 6) is -0.0440. The van der Waals surface area contributed by atoms with Gasteiger partial charge in [0.05, 0.1) is 12.1 Å². The summed E-state index contributed by atoms with van der Waals surface area (Å²) in [5, 5.41) is 10.0. The van der Waals surface area contributed by atoms with Crippen LogP contribution in [0, 0.1) is 0 Å². The van der Waals surface area contributed by atoms with Crippen LogP contribution >= 0.6 is 0 Å². The third-order valence-corrected chi connectivity index (χ3v) is 3.45. The molecule has 0 spiro atoms. The molecule has 2 heterocycles. The van der Waals surface area contributed by atoms with Crippen LogP contribution in [-0.4, -0.2) is 52.8 Å². The van der Waals surface area contributed by atoms with Gasteiger partial charge >= 0.3 is 0 Å². The normalized spacial score (nSPS) is 22.7. The van der Waals surface area contributed by atoms with Gasteiger partial charge in [-0.05, 0) is 37.5 Å². The van der Waals surface area contributed by atoms with Crippen molar-refractivity contribution in [1.29, 1.82) is 0 Å². The number of carbonyl (C=O) groups is 1. The first-order chi connectivity index (χ1) is 9.22. The summed E-state index contributed by atoms with van der Waals surface area (Å²) in [7, 11) is 0. The van der Waals surface area contributed by atoms with E-state index in [2.05, 4.69) is 4.98 Å². The Hall–Kier alpha value is -1.46. The van der Waals surface area contributed by atoms with Gasteiger partial charge in [-0.15, -0.1) is 0 Å². The van der Waals surface area contributed by atoms with Crippen molar-refractivity contribution >= 4 is 5.91 Å². The van der Waals surface area contributed by atoms with Gasteiger partial charge in [-0.25, -0.2) is 0 Å². The number of hydrogen-bond donors (Lipinski definition) is 1. The average molecular weight is 264 g/mol. The zero-order valence-corrected chi connectivity index (χ0v) is 11.2. The van der Waals surface area contributed by atoms with E-state index in [1.54, 1.807) is 17.3 Å². The van der Waals surface area contributed by atoms with Crippen LogP contribution in [-0.2, 0) is 16.0 Å². The third kappa shape index (κ3) is 3.52. The molecule has 1 N–H and O–H groups in total. The number of nitrogens with zero attached hydrogens (tertiary/aromatic N) is 2. The standard InChI is InChI=1S/C14H20N2O3/c1-2-19-10-14(18)16-8-5-13(17)12(16)9-11-3-6-15-7-4-11/h3-4,6-7,12-13,17H,2,5,8-10H2,1H3/t12-,13-/m1/s1. The van der Waals surface area contributed by atoms with E-state index >= 15 is 0 Å². The smallest absolute Gasteiger partial charge is 0.248 e. The number of ether oxygens (including phenoxy) is 1. The van der Waals surface area contributed by atoms with E-state index in [4.69, 9.17) is 4.74 Å². The lowest BCUT2D eigenvalue weighted by Gasteiger charge is -2.26. The predicted octanol–water partition coefficient (Wildman–Crippen LogP) is 0.622. The lowest BCUT2D eigenvalue weighted by molar-refractivity contribution is -0.137. The van der Waals surface area contributed by atoms with Gasteiger partial charge in [0.25, 0.3) is 0 Å². The molecule has 1 fully saturated rings. The maximum Gasteiger partial charge on any atom is 0.248 e. The zero-order valence-electron chi connectivity index (χ0n) is 11.2. The monoisotopic (exact) mass is 264 g/mol. The highest BCUT2D eigenvalue weighted by molar-refractivity contribution is 5.78. The molecule has 1 aliphatic rings. The van der Waals surface area contributed by atoms with Crippen LogP contribution in [0.4, 0.5) is 0 Å². The Morgan fingerprint density at radius 3 is 2.95 bits per heavy atom. The lowest BCUT2D eigenvalue weighted by atomic mass is 10.0. The molecule has 2 atom stereocenters. The van der Waals surface area contributed by atoms with E-state index < -0.39 is 6.10 Å². The Bertz CT molecular complexity index is 410. The quantitative estimate of drug-likeness (QED) is 0.847. The lowest BCUT2D eigenvalue weighted by Crippen LogP contribution is -2.42. The molecular weight excluding hydrogens is 244 g/mol. The van der Waals surface area contributed by atoms with Crippen molar-refractivity contribution in [3.05, 3.63) is 30.1 Å². The van der Waals surface area contributed by atoms with Crippen molar-refractivity contribution in [2.45, 2.75) is 31.9 Å². The van der Waals surface area contributed by atoms with Crippen molar-refractivity contribution in [3.8, 4) is 0 Å². The maximum atomic E-state index is 12.0. The topological polar surface area (TPSA) is 62.7 Å². The Labute approximate surface area is 113 Å². The molecule has 5 nitrogen and oxygen atoms in total. The Morgan fingerprint density at radius 2 is 2.26 bits per heavy atom. The number of hydrogen-bond acceptors (Lipinski definition) is 4. The number of rotatable bonds is 5. The first-order valence-electron chi connectivity index (χ1n) is 6.66. The fourth-order valence-corrected chi connectivity index (χ4v) is 2.43. The molecule has 0 radical (unpaired) electrons. The molecule has 0 saturated carbocycles. The molecule has 0 bridgehead atoms. The highest BCUT2D eigenvalue weighted by atomic mass is 16.5. The Morgan fingerprint density at radius 1 is 1.53 bits per heavy atom. The molecule has 19 heavy (non-hydrogen) atoms. The molecule has 1 aromatic heterocycles. The molecule has 1 amide bonds. The van der Waals surface area contributed by atoms with Crippen molar-refractivity contribution in [2.24, 2.45) is 0 Å². The molecular formula is C14H20N2O3. The van der Waals surface area contributed by atoms with Gasteiger partial charge in [0.2, 0.25) is 5.91 Å². The second-order valence-electron chi connectivity index (χ2n) is 4.71. The van der Waals surface area contributed by atoms with Crippen molar-refractivity contribution in [3.63, 3.8) is 0 Å². The minimum absolute atomic E-state index is 0.0440. The number of aliphatic hydroxyl groups excluding tert-OH is 1. The van der Waals surface area contributed by atoms with Crippen LogP contribution < -0.4 is 0 Å². The second kappa shape index (κ2) is 6.63. The predicted molar refractivity (Wildman–Crippen MR) is 70.6 cm³/mol. The van der Waals surface area contributed by atoms with E-state index in [0.29, 0.717) is 26.0 Å². The summed E-state index contributed by atoms with van der Waals surface area (Å²) in [6, 6.07) is 3.67. The Balaban J connectivity index is 2.01. The van der Waals surface area contributed by atoms with Crippen molar-refractivity contribution in [2.75, 3.05) is 19.8 Å². The van der Waals surface area contributed by atoms with Gasteiger partial charge < -0.3 is 14.7 Å². The second-order valence-corrected chi connectivity index (χ2v) is 4.71. The van der Waals surface area contributed by atoms with Crippen molar-refractivity contribution in [1.82, 2.24) is 9.88 Å². The summed E-state index contributed by atoms with van der Waals surface area (Å²) in [4.78, 5) is 17.7. The highest BCUT2D eigenvalue weighted by Crippen LogP contribution is 2.21. The van der Waals surface area contributed by atoms with Crippen LogP contribution in [0.2, 0.25) is 0 Å². The first-order valence-corrected chi connectivity index (χ1v) is 6.66. The summed E-state index contributed by atoms with van der Waals surface area (Å²) in [6.45, 7) is 3.08. The molecule has 0 unspecified atom stereocenters. The summed E-state index contributed by atoms with van der Waals surface area (Å²) >= 11 is 0. The molecule has 2 rings (SSSR count). The van der Waals surface area contributed by atoms with E-state index in [9.17, 15) is 9.90 Å². The maximum absolute atomic E-state index is 12.0. The van der Waals surface area contributed by atoms with Crippen molar-refractivity contribution < 1.29 is 14.6 Å². The molecule has 0 aliphatic carbocycles. The molecule has 5 heteroatoms. The van der Waals surface area contributed by atoms with Crippen LogP contribution in [0.3, 0.4) is 0 Å². The molecule has 1 saturated heterocycles.